The Hall–Kier alpha value is -0.670. The van der Waals surface area contributed by atoms with E-state index in [0.29, 0.717) is 5.13 Å². The number of hydrogen-bond acceptors (Lipinski definition) is 6. The van der Waals surface area contributed by atoms with Crippen LogP contribution in [0.25, 0.3) is 10.2 Å². The minimum absolute atomic E-state index is 0.621. The minimum Gasteiger partial charge on any atom is -0.256 e. The van der Waals surface area contributed by atoms with E-state index in [1.54, 1.807) is 5.06 Å². The van der Waals surface area contributed by atoms with Crippen molar-refractivity contribution in [1.82, 2.24) is 10.0 Å². The van der Waals surface area contributed by atoms with Gasteiger partial charge in [0.2, 0.25) is 0 Å². The van der Waals surface area contributed by atoms with Crippen LogP contribution in [0.4, 0.5) is 5.13 Å². The molecule has 20 heavy (non-hydrogen) atoms. The highest BCUT2D eigenvalue weighted by Gasteiger charge is 2.15. The first-order valence-corrected chi connectivity index (χ1v) is 9.32. The Morgan fingerprint density at radius 3 is 3.00 bits per heavy atom. The third-order valence-electron chi connectivity index (χ3n) is 2.86. The molecule has 1 N–H and O–H groups in total. The quantitative estimate of drug-likeness (QED) is 0.934. The van der Waals surface area contributed by atoms with Gasteiger partial charge in [-0.3, -0.25) is 4.72 Å². The van der Waals surface area contributed by atoms with Gasteiger partial charge in [0.15, 0.2) is 5.13 Å². The normalized spacial score (nSPS) is 18.2. The van der Waals surface area contributed by atoms with Gasteiger partial charge >= 0.3 is 0 Å². The van der Waals surface area contributed by atoms with E-state index in [1.807, 2.05) is 30.8 Å². The van der Waals surface area contributed by atoms with Crippen molar-refractivity contribution in [1.29, 1.82) is 0 Å². The van der Waals surface area contributed by atoms with E-state index in [9.17, 15) is 4.21 Å². The molecule has 0 amide bonds. The molecule has 1 aromatic heterocycles. The van der Waals surface area contributed by atoms with Crippen molar-refractivity contribution in [2.45, 2.75) is 6.92 Å². The highest BCUT2D eigenvalue weighted by molar-refractivity contribution is 7.99. The summed E-state index contributed by atoms with van der Waals surface area (Å²) in [6.07, 6.45) is 0. The molecule has 8 heteroatoms. The van der Waals surface area contributed by atoms with E-state index < -0.39 is 11.3 Å². The van der Waals surface area contributed by atoms with Crippen LogP contribution in [0, 0.1) is 6.92 Å². The van der Waals surface area contributed by atoms with E-state index in [4.69, 9.17) is 4.28 Å². The van der Waals surface area contributed by atoms with Gasteiger partial charge in [-0.2, -0.15) is 21.1 Å². The van der Waals surface area contributed by atoms with Gasteiger partial charge in [-0.1, -0.05) is 17.4 Å². The van der Waals surface area contributed by atoms with Crippen molar-refractivity contribution in [3.05, 3.63) is 23.8 Å². The number of nitrogens with zero attached hydrogens (tertiary/aromatic N) is 2. The maximum atomic E-state index is 11.9. The van der Waals surface area contributed by atoms with E-state index >= 15 is 0 Å². The number of aryl methyl sites for hydroxylation is 1. The van der Waals surface area contributed by atoms with Crippen molar-refractivity contribution < 1.29 is 8.49 Å². The molecule has 0 spiro atoms. The SMILES string of the molecule is Cc1ccc2nc(NS(=O)ON3CCSCC3)sc2c1. The molecule has 1 aromatic carbocycles. The molecular weight excluding hydrogens is 314 g/mol. The standard InChI is InChI=1S/C12H15N3O2S3/c1-9-2-3-10-11(8-9)19-12(13-10)14-20(16)17-15-4-6-18-7-5-15/h2-3,8H,4-7H2,1H3,(H,13,14). The predicted octanol–water partition coefficient (Wildman–Crippen LogP) is 2.58. The van der Waals surface area contributed by atoms with Gasteiger partial charge in [0.1, 0.15) is 0 Å². The first-order valence-electron chi connectivity index (χ1n) is 6.27. The third kappa shape index (κ3) is 3.50. The summed E-state index contributed by atoms with van der Waals surface area (Å²) in [6.45, 7) is 3.65. The molecular formula is C12H15N3O2S3. The van der Waals surface area contributed by atoms with Crippen molar-refractivity contribution in [3.63, 3.8) is 0 Å². The fourth-order valence-corrected chi connectivity index (χ4v) is 4.50. The Kier molecular flexibility index (Phi) is 4.57. The van der Waals surface area contributed by atoms with Crippen molar-refractivity contribution >= 4 is 49.7 Å². The Morgan fingerprint density at radius 1 is 1.40 bits per heavy atom. The van der Waals surface area contributed by atoms with Crippen LogP contribution in [-0.4, -0.2) is 38.9 Å². The monoisotopic (exact) mass is 329 g/mol. The van der Waals surface area contributed by atoms with Gasteiger partial charge in [-0.25, -0.2) is 9.19 Å². The number of hydrogen-bond donors (Lipinski definition) is 1. The van der Waals surface area contributed by atoms with Crippen LogP contribution in [0.3, 0.4) is 0 Å². The maximum absolute atomic E-state index is 11.9. The number of aromatic nitrogens is 1. The van der Waals surface area contributed by atoms with Crippen molar-refractivity contribution in [3.8, 4) is 0 Å². The molecule has 1 atom stereocenters. The van der Waals surface area contributed by atoms with Gasteiger partial charge in [-0.15, -0.1) is 0 Å². The highest BCUT2D eigenvalue weighted by atomic mass is 32.2. The maximum Gasteiger partial charge on any atom is 0.281 e. The Labute approximate surface area is 128 Å². The summed E-state index contributed by atoms with van der Waals surface area (Å²) in [7, 11) is 0. The molecule has 2 heterocycles. The molecule has 1 aliphatic heterocycles. The Morgan fingerprint density at radius 2 is 2.20 bits per heavy atom. The molecule has 1 fully saturated rings. The van der Waals surface area contributed by atoms with E-state index in [2.05, 4.69) is 15.8 Å². The predicted molar refractivity (Wildman–Crippen MR) is 86.1 cm³/mol. The lowest BCUT2D eigenvalue weighted by Crippen LogP contribution is -2.34. The smallest absolute Gasteiger partial charge is 0.256 e. The van der Waals surface area contributed by atoms with Crippen LogP contribution < -0.4 is 4.72 Å². The van der Waals surface area contributed by atoms with Gasteiger partial charge in [-0.05, 0) is 24.6 Å². The molecule has 3 rings (SSSR count). The lowest BCUT2D eigenvalue weighted by molar-refractivity contribution is -0.0337. The molecule has 1 unspecified atom stereocenters. The second-order valence-electron chi connectivity index (χ2n) is 4.44. The van der Waals surface area contributed by atoms with Gasteiger partial charge < -0.3 is 0 Å². The van der Waals surface area contributed by atoms with Crippen LogP contribution >= 0.6 is 23.1 Å². The lowest BCUT2D eigenvalue weighted by Gasteiger charge is -2.23. The first-order chi connectivity index (χ1) is 9.70. The largest absolute Gasteiger partial charge is 0.281 e. The number of thiazole rings is 1. The zero-order chi connectivity index (χ0) is 13.9. The molecule has 2 aromatic rings. The van der Waals surface area contributed by atoms with Crippen LogP contribution in [-0.2, 0) is 15.6 Å². The fraction of sp³-hybridized carbons (Fsp3) is 0.417. The summed E-state index contributed by atoms with van der Waals surface area (Å²) in [4.78, 5) is 4.40. The summed E-state index contributed by atoms with van der Waals surface area (Å²) in [6, 6.07) is 6.06. The fourth-order valence-electron chi connectivity index (χ4n) is 1.88. The molecule has 0 radical (unpaired) electrons. The average molecular weight is 329 g/mol. The molecule has 0 saturated carbocycles. The van der Waals surface area contributed by atoms with Crippen LogP contribution in [0.15, 0.2) is 18.2 Å². The molecule has 5 nitrogen and oxygen atoms in total. The highest BCUT2D eigenvalue weighted by Crippen LogP contribution is 2.27. The number of thioether (sulfide) groups is 1. The Bertz CT molecular complexity index is 625. The number of fused-ring (bicyclic) bond motifs is 1. The second kappa shape index (κ2) is 6.40. The number of hydroxylamine groups is 2. The molecule has 1 aliphatic rings. The van der Waals surface area contributed by atoms with E-state index in [-0.39, 0.29) is 0 Å². The van der Waals surface area contributed by atoms with Gasteiger partial charge in [0, 0.05) is 24.6 Å². The molecule has 1 saturated heterocycles. The van der Waals surface area contributed by atoms with Crippen LogP contribution in [0.5, 0.6) is 0 Å². The number of anilines is 1. The molecule has 108 valence electrons. The number of rotatable bonds is 4. The van der Waals surface area contributed by atoms with Gasteiger partial charge in [0.25, 0.3) is 11.3 Å². The summed E-state index contributed by atoms with van der Waals surface area (Å²) < 4.78 is 21.2. The second-order valence-corrected chi connectivity index (χ2v) is 7.52. The van der Waals surface area contributed by atoms with Crippen LogP contribution in [0.2, 0.25) is 0 Å². The minimum atomic E-state index is -1.59. The lowest BCUT2D eigenvalue weighted by atomic mass is 10.2. The van der Waals surface area contributed by atoms with E-state index in [0.717, 1.165) is 34.8 Å². The van der Waals surface area contributed by atoms with E-state index in [1.165, 1.54) is 16.9 Å². The zero-order valence-electron chi connectivity index (χ0n) is 11.0. The molecule has 0 bridgehead atoms. The number of nitrogens with one attached hydrogen (secondary N) is 1. The van der Waals surface area contributed by atoms with Crippen LogP contribution in [0.1, 0.15) is 5.56 Å². The van der Waals surface area contributed by atoms with Gasteiger partial charge in [0.05, 0.1) is 10.2 Å². The number of benzene rings is 1. The average Bonchev–Trinajstić information content (AvgIpc) is 2.80. The molecule has 0 aliphatic carbocycles. The summed E-state index contributed by atoms with van der Waals surface area (Å²) in [5.74, 6) is 2.02. The summed E-state index contributed by atoms with van der Waals surface area (Å²) in [5.41, 5.74) is 2.10. The summed E-state index contributed by atoms with van der Waals surface area (Å²) in [5, 5.41) is 2.37. The van der Waals surface area contributed by atoms with Crippen molar-refractivity contribution in [2.75, 3.05) is 29.3 Å². The topological polar surface area (TPSA) is 54.5 Å². The Balaban J connectivity index is 1.64. The summed E-state index contributed by atoms with van der Waals surface area (Å²) >= 11 is 1.78. The third-order valence-corrected chi connectivity index (χ3v) is 5.57. The van der Waals surface area contributed by atoms with Crippen molar-refractivity contribution in [2.24, 2.45) is 0 Å². The first kappa shape index (κ1) is 14.3. The zero-order valence-corrected chi connectivity index (χ0v) is 13.4.